The molecule has 0 saturated heterocycles. The predicted octanol–water partition coefficient (Wildman–Crippen LogP) is 3.22. The van der Waals surface area contributed by atoms with E-state index >= 15 is 0 Å². The maximum Gasteiger partial charge on any atom is 0.191 e. The van der Waals surface area contributed by atoms with Crippen molar-refractivity contribution < 1.29 is 4.74 Å². The summed E-state index contributed by atoms with van der Waals surface area (Å²) < 4.78 is 5.41. The molecule has 0 spiro atoms. The van der Waals surface area contributed by atoms with Gasteiger partial charge in [0.05, 0.1) is 6.61 Å². The third-order valence-corrected chi connectivity index (χ3v) is 4.13. The van der Waals surface area contributed by atoms with E-state index in [9.17, 15) is 0 Å². The van der Waals surface area contributed by atoms with Crippen molar-refractivity contribution in [2.45, 2.75) is 58.2 Å². The maximum absolute atomic E-state index is 5.41. The van der Waals surface area contributed by atoms with Crippen LogP contribution in [0.2, 0.25) is 0 Å². The highest BCUT2D eigenvalue weighted by Crippen LogP contribution is 2.17. The lowest BCUT2D eigenvalue weighted by molar-refractivity contribution is 0.134. The van der Waals surface area contributed by atoms with Crippen molar-refractivity contribution in [3.63, 3.8) is 0 Å². The van der Waals surface area contributed by atoms with Crippen LogP contribution in [0.1, 0.15) is 50.2 Å². The highest BCUT2D eigenvalue weighted by molar-refractivity contribution is 5.79. The van der Waals surface area contributed by atoms with Crippen LogP contribution in [-0.4, -0.2) is 25.7 Å². The second-order valence-electron chi connectivity index (χ2n) is 5.86. The van der Waals surface area contributed by atoms with Crippen molar-refractivity contribution in [2.24, 2.45) is 4.99 Å². The number of nitrogens with zero attached hydrogens (tertiary/aromatic N) is 1. The van der Waals surface area contributed by atoms with Crippen LogP contribution in [0.25, 0.3) is 0 Å². The first-order valence-electron chi connectivity index (χ1n) is 8.44. The van der Waals surface area contributed by atoms with Crippen LogP contribution < -0.4 is 10.6 Å². The molecule has 1 aliphatic carbocycles. The highest BCUT2D eigenvalue weighted by Gasteiger charge is 2.14. The molecule has 0 unspecified atom stereocenters. The van der Waals surface area contributed by atoms with E-state index in [1.807, 2.05) is 14.0 Å². The normalized spacial score (nSPS) is 16.5. The Balaban J connectivity index is 1.77. The molecule has 2 rings (SSSR count). The second kappa shape index (κ2) is 9.46. The summed E-state index contributed by atoms with van der Waals surface area (Å²) in [6.07, 6.45) is 6.55. The molecule has 1 aliphatic rings. The molecule has 1 aromatic carbocycles. The maximum atomic E-state index is 5.41. The zero-order valence-corrected chi connectivity index (χ0v) is 13.9. The molecule has 2 N–H and O–H groups in total. The molecule has 122 valence electrons. The van der Waals surface area contributed by atoms with Crippen LogP contribution in [0, 0.1) is 0 Å². The quantitative estimate of drug-likeness (QED) is 0.626. The molecule has 0 aromatic heterocycles. The number of benzene rings is 1. The first kappa shape index (κ1) is 16.8. The molecular weight excluding hydrogens is 274 g/mol. The summed E-state index contributed by atoms with van der Waals surface area (Å²) in [7, 11) is 1.84. The predicted molar refractivity (Wildman–Crippen MR) is 92.0 cm³/mol. The van der Waals surface area contributed by atoms with Crippen LogP contribution in [-0.2, 0) is 17.9 Å². The van der Waals surface area contributed by atoms with Gasteiger partial charge in [0.25, 0.3) is 0 Å². The Morgan fingerprint density at radius 1 is 1.14 bits per heavy atom. The van der Waals surface area contributed by atoms with Crippen LogP contribution >= 0.6 is 0 Å². The van der Waals surface area contributed by atoms with Crippen molar-refractivity contribution in [3.8, 4) is 0 Å². The summed E-state index contributed by atoms with van der Waals surface area (Å²) in [5.41, 5.74) is 2.47. The first-order chi connectivity index (χ1) is 10.8. The summed E-state index contributed by atoms with van der Waals surface area (Å²) in [4.78, 5) is 4.33. The minimum atomic E-state index is 0.577. The summed E-state index contributed by atoms with van der Waals surface area (Å²) in [5.74, 6) is 0.908. The number of rotatable bonds is 6. The van der Waals surface area contributed by atoms with Gasteiger partial charge in [-0.05, 0) is 30.9 Å². The van der Waals surface area contributed by atoms with Gasteiger partial charge in [0.2, 0.25) is 0 Å². The van der Waals surface area contributed by atoms with Gasteiger partial charge in [0.1, 0.15) is 0 Å². The Bertz CT molecular complexity index is 450. The summed E-state index contributed by atoms with van der Waals surface area (Å²) in [6.45, 7) is 4.26. The third kappa shape index (κ3) is 5.68. The number of aliphatic imine (C=N–C) groups is 1. The standard InChI is InChI=1S/C18H29N3O/c1-3-22-14-16-11-9-15(10-12-16)13-20-18(19-2)21-17-7-5-4-6-8-17/h9-12,17H,3-8,13-14H2,1-2H3,(H2,19,20,21). The molecule has 0 heterocycles. The van der Waals surface area contributed by atoms with Crippen molar-refractivity contribution in [3.05, 3.63) is 35.4 Å². The molecule has 1 fully saturated rings. The number of guanidine groups is 1. The highest BCUT2D eigenvalue weighted by atomic mass is 16.5. The van der Waals surface area contributed by atoms with E-state index in [2.05, 4.69) is 39.9 Å². The van der Waals surface area contributed by atoms with Crippen molar-refractivity contribution >= 4 is 5.96 Å². The number of hydrogen-bond acceptors (Lipinski definition) is 2. The smallest absolute Gasteiger partial charge is 0.191 e. The molecule has 0 amide bonds. The van der Waals surface area contributed by atoms with Crippen LogP contribution in [0.3, 0.4) is 0 Å². The fourth-order valence-electron chi connectivity index (χ4n) is 2.79. The van der Waals surface area contributed by atoms with Gasteiger partial charge < -0.3 is 15.4 Å². The molecule has 0 aliphatic heterocycles. The van der Waals surface area contributed by atoms with E-state index in [4.69, 9.17) is 4.74 Å². The number of nitrogens with one attached hydrogen (secondary N) is 2. The lowest BCUT2D eigenvalue weighted by Crippen LogP contribution is -2.43. The summed E-state index contributed by atoms with van der Waals surface area (Å²) in [5, 5.41) is 6.94. The average Bonchev–Trinajstić information content (AvgIpc) is 2.58. The molecule has 0 atom stereocenters. The minimum absolute atomic E-state index is 0.577. The molecule has 4 heteroatoms. The van der Waals surface area contributed by atoms with E-state index in [1.165, 1.54) is 43.2 Å². The van der Waals surface area contributed by atoms with Gasteiger partial charge >= 0.3 is 0 Å². The largest absolute Gasteiger partial charge is 0.377 e. The molecular formula is C18H29N3O. The van der Waals surface area contributed by atoms with Gasteiger partial charge in [-0.3, -0.25) is 4.99 Å². The Labute approximate surface area is 134 Å². The van der Waals surface area contributed by atoms with Gasteiger partial charge in [0, 0.05) is 26.2 Å². The van der Waals surface area contributed by atoms with Gasteiger partial charge in [-0.15, -0.1) is 0 Å². The third-order valence-electron chi connectivity index (χ3n) is 4.13. The van der Waals surface area contributed by atoms with Gasteiger partial charge in [-0.1, -0.05) is 43.5 Å². The zero-order valence-electron chi connectivity index (χ0n) is 13.9. The lowest BCUT2D eigenvalue weighted by atomic mass is 9.96. The number of ether oxygens (including phenoxy) is 1. The van der Waals surface area contributed by atoms with Crippen molar-refractivity contribution in [1.29, 1.82) is 0 Å². The number of hydrogen-bond donors (Lipinski definition) is 2. The zero-order chi connectivity index (χ0) is 15.6. The Kier molecular flexibility index (Phi) is 7.23. The van der Waals surface area contributed by atoms with Crippen molar-refractivity contribution in [2.75, 3.05) is 13.7 Å². The van der Waals surface area contributed by atoms with Crippen LogP contribution in [0.15, 0.2) is 29.3 Å². The van der Waals surface area contributed by atoms with E-state index in [1.54, 1.807) is 0 Å². The van der Waals surface area contributed by atoms with E-state index < -0.39 is 0 Å². The van der Waals surface area contributed by atoms with Gasteiger partial charge in [-0.2, -0.15) is 0 Å². The molecule has 22 heavy (non-hydrogen) atoms. The Morgan fingerprint density at radius 3 is 2.45 bits per heavy atom. The van der Waals surface area contributed by atoms with Crippen LogP contribution in [0.5, 0.6) is 0 Å². The Hall–Kier alpha value is -1.55. The Morgan fingerprint density at radius 2 is 1.82 bits per heavy atom. The van der Waals surface area contributed by atoms with Gasteiger partial charge in [-0.25, -0.2) is 0 Å². The van der Waals surface area contributed by atoms with E-state index in [0.717, 1.165) is 19.1 Å². The van der Waals surface area contributed by atoms with E-state index in [-0.39, 0.29) is 0 Å². The van der Waals surface area contributed by atoms with Gasteiger partial charge in [0.15, 0.2) is 5.96 Å². The molecule has 4 nitrogen and oxygen atoms in total. The molecule has 0 bridgehead atoms. The fraction of sp³-hybridized carbons (Fsp3) is 0.611. The molecule has 1 aromatic rings. The lowest BCUT2D eigenvalue weighted by Gasteiger charge is -2.24. The summed E-state index contributed by atoms with van der Waals surface area (Å²) >= 11 is 0. The fourth-order valence-corrected chi connectivity index (χ4v) is 2.79. The second-order valence-corrected chi connectivity index (χ2v) is 5.86. The SMILES string of the molecule is CCOCc1ccc(CNC(=NC)NC2CCCCC2)cc1. The summed E-state index contributed by atoms with van der Waals surface area (Å²) in [6, 6.07) is 9.13. The topological polar surface area (TPSA) is 45.6 Å². The van der Waals surface area contributed by atoms with Crippen molar-refractivity contribution in [1.82, 2.24) is 10.6 Å². The first-order valence-corrected chi connectivity index (χ1v) is 8.44. The molecule has 1 saturated carbocycles. The minimum Gasteiger partial charge on any atom is -0.377 e. The molecule has 0 radical (unpaired) electrons. The monoisotopic (exact) mass is 303 g/mol. The average molecular weight is 303 g/mol. The van der Waals surface area contributed by atoms with E-state index in [0.29, 0.717) is 12.6 Å². The van der Waals surface area contributed by atoms with Crippen LogP contribution in [0.4, 0.5) is 0 Å².